The second-order valence-electron chi connectivity index (χ2n) is 6.08. The predicted molar refractivity (Wildman–Crippen MR) is 82.8 cm³/mol. The van der Waals surface area contributed by atoms with Gasteiger partial charge in [0.1, 0.15) is 0 Å². The molecule has 1 fully saturated rings. The Morgan fingerprint density at radius 2 is 2.00 bits per heavy atom. The van der Waals surface area contributed by atoms with Gasteiger partial charge in [0, 0.05) is 25.0 Å². The van der Waals surface area contributed by atoms with E-state index in [0.717, 1.165) is 18.9 Å². The van der Waals surface area contributed by atoms with Crippen LogP contribution in [0.3, 0.4) is 0 Å². The van der Waals surface area contributed by atoms with Gasteiger partial charge in [-0.2, -0.15) is 0 Å². The van der Waals surface area contributed by atoms with Gasteiger partial charge in [0.25, 0.3) is 0 Å². The molecule has 112 valence electrons. The molecule has 0 aliphatic heterocycles. The van der Waals surface area contributed by atoms with E-state index in [9.17, 15) is 0 Å². The Labute approximate surface area is 123 Å². The molecule has 1 aliphatic rings. The molecule has 0 saturated heterocycles. The molecular weight excluding hydrogens is 248 g/mol. The molecule has 0 aromatic carbocycles. The predicted octanol–water partition coefficient (Wildman–Crippen LogP) is 3.20. The lowest BCUT2D eigenvalue weighted by Crippen LogP contribution is -2.54. The highest BCUT2D eigenvalue weighted by molar-refractivity contribution is 5.14. The summed E-state index contributed by atoms with van der Waals surface area (Å²) in [4.78, 5) is 4.10. The van der Waals surface area contributed by atoms with E-state index in [-0.39, 0.29) is 5.60 Å². The fraction of sp³-hybridized carbons (Fsp3) is 0.706. The summed E-state index contributed by atoms with van der Waals surface area (Å²) in [5.41, 5.74) is 1.33. The van der Waals surface area contributed by atoms with Gasteiger partial charge in [-0.3, -0.25) is 4.98 Å². The van der Waals surface area contributed by atoms with Crippen molar-refractivity contribution in [3.63, 3.8) is 0 Å². The fourth-order valence-corrected chi connectivity index (χ4v) is 3.44. The van der Waals surface area contributed by atoms with Crippen LogP contribution in [0, 0.1) is 5.92 Å². The molecule has 2 rings (SSSR count). The maximum Gasteiger partial charge on any atom is 0.0837 e. The molecule has 1 aromatic heterocycles. The highest BCUT2D eigenvalue weighted by Crippen LogP contribution is 2.38. The summed E-state index contributed by atoms with van der Waals surface area (Å²) >= 11 is 0. The zero-order valence-electron chi connectivity index (χ0n) is 13.1. The number of pyridine rings is 1. The number of ether oxygens (including phenoxy) is 1. The second-order valence-corrected chi connectivity index (χ2v) is 6.08. The highest BCUT2D eigenvalue weighted by Gasteiger charge is 2.41. The van der Waals surface area contributed by atoms with Crippen LogP contribution in [-0.2, 0) is 11.2 Å². The van der Waals surface area contributed by atoms with E-state index in [1.54, 1.807) is 0 Å². The minimum atomic E-state index is -0.000714. The number of nitrogens with one attached hydrogen (secondary N) is 1. The normalized spacial score (nSPS) is 28.2. The molecule has 1 atom stereocenters. The Morgan fingerprint density at radius 3 is 2.55 bits per heavy atom. The van der Waals surface area contributed by atoms with Crippen molar-refractivity contribution >= 4 is 0 Å². The smallest absolute Gasteiger partial charge is 0.0837 e. The lowest BCUT2D eigenvalue weighted by molar-refractivity contribution is -0.0947. The highest BCUT2D eigenvalue weighted by atomic mass is 16.5. The van der Waals surface area contributed by atoms with Gasteiger partial charge in [0.2, 0.25) is 0 Å². The van der Waals surface area contributed by atoms with Crippen LogP contribution in [0.25, 0.3) is 0 Å². The van der Waals surface area contributed by atoms with Crippen molar-refractivity contribution in [3.8, 4) is 0 Å². The summed E-state index contributed by atoms with van der Waals surface area (Å²) < 4.78 is 6.27. The van der Waals surface area contributed by atoms with Gasteiger partial charge in [-0.1, -0.05) is 6.92 Å². The largest absolute Gasteiger partial charge is 0.374 e. The number of rotatable bonds is 6. The first-order valence-electron chi connectivity index (χ1n) is 7.90. The number of hydrogen-bond acceptors (Lipinski definition) is 3. The van der Waals surface area contributed by atoms with Crippen LogP contribution in [-0.4, -0.2) is 30.3 Å². The average Bonchev–Trinajstić information content (AvgIpc) is 2.49. The van der Waals surface area contributed by atoms with Gasteiger partial charge in [0.05, 0.1) is 5.60 Å². The zero-order chi connectivity index (χ0) is 14.4. The Kier molecular flexibility index (Phi) is 5.55. The third kappa shape index (κ3) is 3.58. The Bertz CT molecular complexity index is 385. The van der Waals surface area contributed by atoms with Crippen molar-refractivity contribution in [2.45, 2.75) is 57.6 Å². The van der Waals surface area contributed by atoms with E-state index in [1.807, 2.05) is 12.4 Å². The van der Waals surface area contributed by atoms with Crippen molar-refractivity contribution in [2.24, 2.45) is 5.92 Å². The standard InChI is InChI=1S/C17H28N2O/c1-4-20-17(9-5-14(2)6-10-17)16(18-3)13-15-7-11-19-12-8-15/h7-8,11-12,14,16,18H,4-6,9-10,13H2,1-3H3. The third-order valence-corrected chi connectivity index (χ3v) is 4.73. The summed E-state index contributed by atoms with van der Waals surface area (Å²) in [5, 5.41) is 3.52. The average molecular weight is 276 g/mol. The summed E-state index contributed by atoms with van der Waals surface area (Å²) in [5.74, 6) is 0.835. The van der Waals surface area contributed by atoms with Crippen LogP contribution in [0.15, 0.2) is 24.5 Å². The van der Waals surface area contributed by atoms with Gasteiger partial charge in [-0.25, -0.2) is 0 Å². The summed E-state index contributed by atoms with van der Waals surface area (Å²) in [6.45, 7) is 5.26. The molecule has 1 heterocycles. The number of likely N-dealkylation sites (N-methyl/N-ethyl adjacent to an activating group) is 1. The molecule has 1 unspecified atom stereocenters. The van der Waals surface area contributed by atoms with Gasteiger partial charge in [-0.05, 0) is 69.7 Å². The zero-order valence-corrected chi connectivity index (χ0v) is 13.1. The summed E-state index contributed by atoms with van der Waals surface area (Å²) in [6, 6.07) is 4.59. The van der Waals surface area contributed by atoms with Crippen molar-refractivity contribution in [2.75, 3.05) is 13.7 Å². The molecule has 1 aromatic rings. The molecule has 1 N–H and O–H groups in total. The molecule has 0 spiro atoms. The summed E-state index contributed by atoms with van der Waals surface area (Å²) in [7, 11) is 2.06. The van der Waals surface area contributed by atoms with E-state index in [4.69, 9.17) is 4.74 Å². The third-order valence-electron chi connectivity index (χ3n) is 4.73. The van der Waals surface area contributed by atoms with E-state index in [2.05, 4.69) is 43.3 Å². The topological polar surface area (TPSA) is 34.1 Å². The number of hydrogen-bond donors (Lipinski definition) is 1. The Hall–Kier alpha value is -0.930. The monoisotopic (exact) mass is 276 g/mol. The van der Waals surface area contributed by atoms with Gasteiger partial charge < -0.3 is 10.1 Å². The first-order chi connectivity index (χ1) is 9.70. The van der Waals surface area contributed by atoms with Crippen LogP contribution in [0.1, 0.15) is 45.1 Å². The van der Waals surface area contributed by atoms with Gasteiger partial charge in [0.15, 0.2) is 0 Å². The van der Waals surface area contributed by atoms with E-state index in [1.165, 1.54) is 31.2 Å². The van der Waals surface area contributed by atoms with Crippen LogP contribution >= 0.6 is 0 Å². The molecule has 3 nitrogen and oxygen atoms in total. The maximum absolute atomic E-state index is 6.27. The van der Waals surface area contributed by atoms with Crippen LogP contribution in [0.4, 0.5) is 0 Å². The molecule has 0 radical (unpaired) electrons. The lowest BCUT2D eigenvalue weighted by atomic mass is 9.74. The molecule has 20 heavy (non-hydrogen) atoms. The Balaban J connectivity index is 2.13. The minimum Gasteiger partial charge on any atom is -0.374 e. The Morgan fingerprint density at radius 1 is 1.35 bits per heavy atom. The van der Waals surface area contributed by atoms with Crippen LogP contribution in [0.2, 0.25) is 0 Å². The van der Waals surface area contributed by atoms with Crippen molar-refractivity contribution in [1.29, 1.82) is 0 Å². The molecule has 1 saturated carbocycles. The van der Waals surface area contributed by atoms with Crippen molar-refractivity contribution in [1.82, 2.24) is 10.3 Å². The van der Waals surface area contributed by atoms with E-state index < -0.39 is 0 Å². The fourth-order valence-electron chi connectivity index (χ4n) is 3.44. The SMILES string of the molecule is CCOC1(C(Cc2ccncc2)NC)CCC(C)CC1. The number of aromatic nitrogens is 1. The molecule has 0 bridgehead atoms. The maximum atomic E-state index is 6.27. The molecule has 1 aliphatic carbocycles. The van der Waals surface area contributed by atoms with Crippen molar-refractivity contribution in [3.05, 3.63) is 30.1 Å². The van der Waals surface area contributed by atoms with Gasteiger partial charge >= 0.3 is 0 Å². The van der Waals surface area contributed by atoms with Crippen LogP contribution < -0.4 is 5.32 Å². The second kappa shape index (κ2) is 7.19. The van der Waals surface area contributed by atoms with Gasteiger partial charge in [-0.15, -0.1) is 0 Å². The first kappa shape index (κ1) is 15.5. The molecule has 3 heteroatoms. The summed E-state index contributed by atoms with van der Waals surface area (Å²) in [6.07, 6.45) is 9.63. The quantitative estimate of drug-likeness (QED) is 0.866. The minimum absolute atomic E-state index is 0.000714. The van der Waals surface area contributed by atoms with Crippen molar-refractivity contribution < 1.29 is 4.74 Å². The molecule has 0 amide bonds. The molecular formula is C17H28N2O. The lowest BCUT2D eigenvalue weighted by Gasteiger charge is -2.45. The van der Waals surface area contributed by atoms with E-state index in [0.29, 0.717) is 6.04 Å². The van der Waals surface area contributed by atoms with E-state index >= 15 is 0 Å². The number of nitrogens with zero attached hydrogens (tertiary/aromatic N) is 1. The first-order valence-corrected chi connectivity index (χ1v) is 7.90. The van der Waals surface area contributed by atoms with Crippen LogP contribution in [0.5, 0.6) is 0 Å².